The SMILES string of the molecule is CC(C)N(C(C)C)P(OCCC#N)OC[C@H]1O[C@@H](n2cnc3c(NC(=O)c4ccccc4)ncnc32)[C@H](O[Si](C)(C)C(C)(C)C)[C@@H]1NS(OCCC#N)=POC[C@H]1O[C@@H](n2cnc3c(NC(=O)c4ccccc4)ncnc32)[C@H](O[Si](C)(C)C(C)(C)C)[C@@H]1NC(c1ccccc1)(c1ccccc1)c1ccccc1. The molecule has 4 aromatic heterocycles. The van der Waals surface area contributed by atoms with E-state index in [4.69, 9.17) is 56.0 Å². The highest BCUT2D eigenvalue weighted by Gasteiger charge is 2.56. The Kier molecular flexibility index (Phi) is 26.4. The van der Waals surface area contributed by atoms with Crippen LogP contribution >= 0.6 is 16.1 Å². The molecule has 0 bridgehead atoms. The van der Waals surface area contributed by atoms with Gasteiger partial charge in [0.1, 0.15) is 44.7 Å². The maximum Gasteiger partial charge on any atom is 0.259 e. The lowest BCUT2D eigenvalue weighted by molar-refractivity contribution is -0.0446. The highest BCUT2D eigenvalue weighted by molar-refractivity contribution is 8.15. The number of nitrogens with zero attached hydrogens (tertiary/aromatic N) is 11. The van der Waals surface area contributed by atoms with E-state index in [2.05, 4.69) is 179 Å². The van der Waals surface area contributed by atoms with Crippen LogP contribution in [0.3, 0.4) is 0 Å². The summed E-state index contributed by atoms with van der Waals surface area (Å²) >= 11 is 0. The second kappa shape index (κ2) is 35.3. The molecular formula is C77H97N15O10P2SSi2. The number of hydrogen-bond acceptors (Lipinski definition) is 20. The molecule has 25 nitrogen and oxygen atoms in total. The van der Waals surface area contributed by atoms with E-state index in [1.807, 2.05) is 75.9 Å². The predicted molar refractivity (Wildman–Crippen MR) is 422 cm³/mol. The first kappa shape index (κ1) is 80.2. The monoisotopic (exact) mass is 1540 g/mol. The Morgan fingerprint density at radius 3 is 1.41 bits per heavy atom. The molecule has 9 aromatic rings. The van der Waals surface area contributed by atoms with Gasteiger partial charge in [-0.1, -0.05) is 169 Å². The molecule has 2 aliphatic rings. The first-order valence-corrected chi connectivity index (χ1v) is 45.5. The van der Waals surface area contributed by atoms with Crippen molar-refractivity contribution in [2.45, 2.75) is 185 Å². The van der Waals surface area contributed by atoms with Gasteiger partial charge in [-0.05, 0) is 105 Å². The molecule has 0 saturated carbocycles. The van der Waals surface area contributed by atoms with Crippen molar-refractivity contribution in [3.63, 3.8) is 0 Å². The van der Waals surface area contributed by atoms with Crippen LogP contribution in [0.1, 0.15) is 132 Å². The molecule has 107 heavy (non-hydrogen) atoms. The third-order valence-electron chi connectivity index (χ3n) is 20.0. The number of rotatable bonds is 32. The van der Waals surface area contributed by atoms with Gasteiger partial charge in [-0.3, -0.25) is 24.0 Å². The minimum Gasteiger partial charge on any atom is -0.408 e. The minimum atomic E-state index is -2.81. The topological polar surface area (TPSA) is 294 Å². The van der Waals surface area contributed by atoms with Crippen molar-refractivity contribution in [2.75, 3.05) is 37.1 Å². The maximum absolute atomic E-state index is 13.8. The number of carbonyl (C=O) groups excluding carboxylic acids is 2. The first-order chi connectivity index (χ1) is 51.2. The van der Waals surface area contributed by atoms with Crippen LogP contribution in [0.2, 0.25) is 36.3 Å². The van der Waals surface area contributed by atoms with Crippen molar-refractivity contribution in [3.05, 3.63) is 205 Å². The second-order valence-corrected chi connectivity index (χ2v) is 43.7. The molecule has 6 heterocycles. The molecule has 0 radical (unpaired) electrons. The molecule has 11 rings (SSSR count). The van der Waals surface area contributed by atoms with Gasteiger partial charge in [0, 0.05) is 23.2 Å². The Bertz CT molecular complexity index is 4470. The summed E-state index contributed by atoms with van der Waals surface area (Å²) in [6, 6.07) is 51.9. The van der Waals surface area contributed by atoms with Crippen molar-refractivity contribution in [1.29, 1.82) is 10.5 Å². The van der Waals surface area contributed by atoms with Crippen LogP contribution in [0.25, 0.3) is 22.3 Å². The summed E-state index contributed by atoms with van der Waals surface area (Å²) in [4.78, 5) is 56.0. The zero-order valence-electron chi connectivity index (χ0n) is 63.1. The van der Waals surface area contributed by atoms with Crippen LogP contribution in [0, 0.1) is 22.7 Å². The van der Waals surface area contributed by atoms with Gasteiger partial charge in [-0.15, -0.1) is 0 Å². The van der Waals surface area contributed by atoms with Gasteiger partial charge < -0.3 is 46.7 Å². The number of aromatic nitrogens is 8. The molecular weight excluding hydrogens is 1450 g/mol. The van der Waals surface area contributed by atoms with E-state index in [1.165, 1.54) is 12.7 Å². The molecule has 2 amide bonds. The average Bonchev–Trinajstić information content (AvgIpc) is 1.69. The lowest BCUT2D eigenvalue weighted by atomic mass is 9.76. The molecule has 0 spiro atoms. The van der Waals surface area contributed by atoms with Crippen LogP contribution in [-0.2, 0) is 52.2 Å². The van der Waals surface area contributed by atoms with Crippen LogP contribution < -0.4 is 20.7 Å². The summed E-state index contributed by atoms with van der Waals surface area (Å²) in [5, 5.41) is 29.5. The van der Waals surface area contributed by atoms with Crippen molar-refractivity contribution in [3.8, 4) is 12.1 Å². The van der Waals surface area contributed by atoms with E-state index < -0.39 is 90.2 Å². The quantitative estimate of drug-likeness (QED) is 0.0132. The third kappa shape index (κ3) is 18.4. The van der Waals surface area contributed by atoms with Gasteiger partial charge in [0.25, 0.3) is 20.3 Å². The van der Waals surface area contributed by atoms with E-state index in [9.17, 15) is 20.1 Å². The fraction of sp³-hybridized carbons (Fsp3) is 0.429. The molecule has 4 N–H and O–H groups in total. The molecule has 0 aliphatic carbocycles. The van der Waals surface area contributed by atoms with E-state index in [0.29, 0.717) is 41.0 Å². The van der Waals surface area contributed by atoms with Gasteiger partial charge in [-0.2, -0.15) is 10.5 Å². The number of amides is 2. The Morgan fingerprint density at radius 1 is 0.579 bits per heavy atom. The number of imidazole rings is 2. The second-order valence-electron chi connectivity index (χ2n) is 29.9. The molecule has 2 fully saturated rings. The standard InChI is InChI=1S/C77H97N15O10P2SSi2/c1-52(2)92(53(3)4)104(96-44-30-42-78)97-47-60-62(66(102-107(13,14)76(8,9)10)74(100-60)91-51-85-64-68(81-49-83-70(64)91)87-72(94)55-34-22-16-23-35-55)89-105(98-45-31-43-79)103-95-46-59-61(88-77(56-36-24-17-25-37-56,57-38-26-18-27-39-57)58-40-28-19-29-41-58)65(101-106(11,12)75(5,6)7)73(99-59)90-50-84-63-67(80-48-82-69(63)90)86-71(93)54-32-20-15-21-33-54/h15-29,32-41,48-53,59-62,65-66,73-74,88-89H,30-31,44-47H2,1-14H3,(H,80,82,86,93)(H,81,83,87,94)/t59-,60-,61-,62-,65-,66-,73-,74-,104?,105?/m1/s1. The first-order valence-electron chi connectivity index (χ1n) is 36.0. The Morgan fingerprint density at radius 2 is 0.991 bits per heavy atom. The van der Waals surface area contributed by atoms with Crippen molar-refractivity contribution < 1.29 is 45.7 Å². The van der Waals surface area contributed by atoms with Gasteiger partial charge in [0.15, 0.2) is 63.1 Å². The fourth-order valence-electron chi connectivity index (χ4n) is 12.6. The number of carbonyl (C=O) groups is 2. The molecule has 2 saturated heterocycles. The minimum absolute atomic E-state index is 0.0114. The van der Waals surface area contributed by atoms with E-state index in [1.54, 1.807) is 61.2 Å². The maximum atomic E-state index is 13.8. The summed E-state index contributed by atoms with van der Waals surface area (Å²) in [6.07, 6.45) is 1.15. The van der Waals surface area contributed by atoms with Crippen molar-refractivity contribution in [1.82, 2.24) is 53.7 Å². The number of nitriles is 2. The van der Waals surface area contributed by atoms with Crippen LogP contribution in [-0.4, -0.2) is 147 Å². The highest BCUT2D eigenvalue weighted by Crippen LogP contribution is 2.50. The Labute approximate surface area is 634 Å². The molecule has 5 aromatic carbocycles. The largest absolute Gasteiger partial charge is 0.408 e. The van der Waals surface area contributed by atoms with Gasteiger partial charge in [-0.25, -0.2) is 39.3 Å². The van der Waals surface area contributed by atoms with E-state index in [0.717, 1.165) is 16.7 Å². The highest BCUT2D eigenvalue weighted by atomic mass is 32.5. The van der Waals surface area contributed by atoms with E-state index in [-0.39, 0.29) is 84.9 Å². The molecule has 2 unspecified atom stereocenters. The fourth-order valence-corrected chi connectivity index (χ4v) is 19.4. The zero-order valence-corrected chi connectivity index (χ0v) is 67.7. The average molecular weight is 1540 g/mol. The number of anilines is 2. The number of ether oxygens (including phenoxy) is 2. The predicted octanol–water partition coefficient (Wildman–Crippen LogP) is 15.1. The van der Waals surface area contributed by atoms with Crippen LogP contribution in [0.15, 0.2) is 177 Å². The van der Waals surface area contributed by atoms with E-state index >= 15 is 0 Å². The van der Waals surface area contributed by atoms with Gasteiger partial charge in [0.05, 0.1) is 92.2 Å². The lowest BCUT2D eigenvalue weighted by Gasteiger charge is -2.44. The molecule has 2 aliphatic heterocycles. The Hall–Kier alpha value is -7.81. The van der Waals surface area contributed by atoms with Crippen LogP contribution in [0.5, 0.6) is 0 Å². The molecule has 10 atom stereocenters. The number of fused-ring (bicyclic) bond motifs is 2. The summed E-state index contributed by atoms with van der Waals surface area (Å²) in [5.74, 6) is -0.315. The number of nitrogens with one attached hydrogen (secondary N) is 4. The van der Waals surface area contributed by atoms with Gasteiger partial charge >= 0.3 is 0 Å². The molecule has 30 heteroatoms. The van der Waals surface area contributed by atoms with Crippen molar-refractivity contribution in [2.24, 2.45) is 0 Å². The number of hydrogen-bond donors (Lipinski definition) is 4. The van der Waals surface area contributed by atoms with Crippen LogP contribution in [0.4, 0.5) is 11.6 Å². The lowest BCUT2D eigenvalue weighted by Crippen LogP contribution is -2.59. The number of benzene rings is 5. The summed E-state index contributed by atoms with van der Waals surface area (Å²) in [6.45, 7) is 30.3. The Balaban J connectivity index is 1.04. The molecule has 564 valence electrons. The third-order valence-corrected chi connectivity index (χ3v) is 33.6. The normalized spacial score (nSPS) is 20.1. The zero-order chi connectivity index (χ0) is 76.3. The van der Waals surface area contributed by atoms with Gasteiger partial charge in [0.2, 0.25) is 0 Å². The summed E-state index contributed by atoms with van der Waals surface area (Å²) in [5.41, 5.74) is 4.13. The summed E-state index contributed by atoms with van der Waals surface area (Å²) in [7, 11) is -8.48. The van der Waals surface area contributed by atoms with Crippen molar-refractivity contribution >= 4 is 89.1 Å². The summed E-state index contributed by atoms with van der Waals surface area (Å²) < 4.78 is 67.8. The smallest absolute Gasteiger partial charge is 0.259 e.